The van der Waals surface area contributed by atoms with Gasteiger partial charge in [0.25, 0.3) is 0 Å². The van der Waals surface area contributed by atoms with Gasteiger partial charge in [-0.15, -0.1) is 11.3 Å². The average Bonchev–Trinajstić information content (AvgIpc) is 3.41. The molecule has 0 fully saturated rings. The number of hydrogen-bond acceptors (Lipinski definition) is 3. The molecule has 0 saturated carbocycles. The van der Waals surface area contributed by atoms with E-state index in [2.05, 4.69) is 24.3 Å². The number of hydrogen-bond donors (Lipinski definition) is 1. The number of anilines is 1. The van der Waals surface area contributed by atoms with Crippen molar-refractivity contribution in [2.24, 2.45) is 0 Å². The van der Waals surface area contributed by atoms with E-state index in [0.717, 1.165) is 38.0 Å². The highest BCUT2D eigenvalue weighted by Gasteiger charge is 2.39. The summed E-state index contributed by atoms with van der Waals surface area (Å²) in [6.07, 6.45) is 0. The fourth-order valence-electron chi connectivity index (χ4n) is 4.82. The number of nitrogens with zero attached hydrogens (tertiary/aromatic N) is 1. The van der Waals surface area contributed by atoms with Crippen LogP contribution < -0.4 is 4.90 Å². The number of benzene rings is 4. The number of thiophene rings is 1. The van der Waals surface area contributed by atoms with Crippen LogP contribution in [0.15, 0.2) is 102 Å². The largest absolute Gasteiger partial charge is 0.508 e. The Morgan fingerprint density at radius 2 is 1.58 bits per heavy atom. The van der Waals surface area contributed by atoms with Gasteiger partial charge in [-0.25, -0.2) is 0 Å². The molecule has 1 aliphatic heterocycles. The lowest BCUT2D eigenvalue weighted by molar-refractivity contribution is -0.118. The zero-order chi connectivity index (χ0) is 22.4. The van der Waals surface area contributed by atoms with Crippen LogP contribution in [0.5, 0.6) is 5.75 Å². The Hall–Kier alpha value is -3.89. The molecule has 33 heavy (non-hydrogen) atoms. The molecule has 0 aliphatic carbocycles. The molecule has 0 saturated heterocycles. The molecule has 1 aromatic heterocycles. The number of phenolic OH excluding ortho intramolecular Hbond substituents is 1. The molecule has 6 rings (SSSR count). The fraction of sp³-hybridized carbons (Fsp3) is 0.0690. The van der Waals surface area contributed by atoms with Gasteiger partial charge in [0, 0.05) is 16.0 Å². The highest BCUT2D eigenvalue weighted by molar-refractivity contribution is 7.17. The second kappa shape index (κ2) is 7.91. The van der Waals surface area contributed by atoms with Gasteiger partial charge in [-0.3, -0.25) is 4.79 Å². The maximum absolute atomic E-state index is 13.9. The molecule has 0 bridgehead atoms. The highest BCUT2D eigenvalue weighted by atomic mass is 32.1. The van der Waals surface area contributed by atoms with Crippen LogP contribution in [0.25, 0.3) is 21.2 Å². The SMILES string of the molecule is O=C1C(c2cc3sccc3cc2O)c2ccccc2N1Cc1ccccc1-c1ccccc1. The summed E-state index contributed by atoms with van der Waals surface area (Å²) in [5, 5.41) is 13.8. The summed E-state index contributed by atoms with van der Waals surface area (Å²) < 4.78 is 1.07. The summed E-state index contributed by atoms with van der Waals surface area (Å²) >= 11 is 1.62. The van der Waals surface area contributed by atoms with E-state index in [-0.39, 0.29) is 11.7 Å². The molecule has 160 valence electrons. The standard InChI is InChI=1S/C29H21NO2S/c31-26-16-20-14-15-33-27(20)17-24(26)28-23-12-6-7-13-25(23)30(29(28)32)18-21-10-4-5-11-22(21)19-8-2-1-3-9-19/h1-17,28,31H,18H2. The average molecular weight is 448 g/mol. The van der Waals surface area contributed by atoms with Gasteiger partial charge < -0.3 is 10.0 Å². The molecule has 0 spiro atoms. The molecule has 1 N–H and O–H groups in total. The van der Waals surface area contributed by atoms with E-state index in [4.69, 9.17) is 0 Å². The number of carbonyl (C=O) groups excluding carboxylic acids is 1. The Kier molecular flexibility index (Phi) is 4.74. The van der Waals surface area contributed by atoms with Crippen LogP contribution in [0.1, 0.15) is 22.6 Å². The van der Waals surface area contributed by atoms with Gasteiger partial charge in [0.2, 0.25) is 5.91 Å². The molecule has 0 radical (unpaired) electrons. The quantitative estimate of drug-likeness (QED) is 0.324. The third kappa shape index (κ3) is 3.31. The van der Waals surface area contributed by atoms with Gasteiger partial charge in [-0.1, -0.05) is 72.8 Å². The minimum Gasteiger partial charge on any atom is -0.508 e. The summed E-state index contributed by atoms with van der Waals surface area (Å²) in [6.45, 7) is 0.472. The second-order valence-corrected chi connectivity index (χ2v) is 9.26. The monoisotopic (exact) mass is 447 g/mol. The van der Waals surface area contributed by atoms with Crippen LogP contribution >= 0.6 is 11.3 Å². The molecular formula is C29H21NO2S. The predicted molar refractivity (Wildman–Crippen MR) is 135 cm³/mol. The molecule has 1 atom stereocenters. The second-order valence-electron chi connectivity index (χ2n) is 8.31. The lowest BCUT2D eigenvalue weighted by Gasteiger charge is -2.20. The first kappa shape index (κ1) is 19.8. The molecule has 4 aromatic carbocycles. The van der Waals surface area contributed by atoms with Crippen LogP contribution in [0.3, 0.4) is 0 Å². The predicted octanol–water partition coefficient (Wildman–Crippen LogP) is 6.95. The van der Waals surface area contributed by atoms with Crippen molar-refractivity contribution in [3.63, 3.8) is 0 Å². The molecule has 1 unspecified atom stereocenters. The van der Waals surface area contributed by atoms with Gasteiger partial charge in [0.05, 0.1) is 12.5 Å². The number of carbonyl (C=O) groups is 1. The Balaban J connectivity index is 1.44. The van der Waals surface area contributed by atoms with Crippen LogP contribution in [-0.4, -0.2) is 11.0 Å². The maximum atomic E-state index is 13.9. The van der Waals surface area contributed by atoms with E-state index in [9.17, 15) is 9.90 Å². The molecule has 5 aromatic rings. The number of aromatic hydroxyl groups is 1. The van der Waals surface area contributed by atoms with E-state index in [0.29, 0.717) is 12.1 Å². The summed E-state index contributed by atoms with van der Waals surface area (Å²) in [4.78, 5) is 15.7. The summed E-state index contributed by atoms with van der Waals surface area (Å²) in [6, 6.07) is 32.1. The third-order valence-corrected chi connectivity index (χ3v) is 7.27. The van der Waals surface area contributed by atoms with Crippen molar-refractivity contribution >= 4 is 33.0 Å². The lowest BCUT2D eigenvalue weighted by atomic mass is 9.91. The molecular weight excluding hydrogens is 426 g/mol. The van der Waals surface area contributed by atoms with Crippen molar-refractivity contribution in [2.45, 2.75) is 12.5 Å². The zero-order valence-electron chi connectivity index (χ0n) is 17.8. The van der Waals surface area contributed by atoms with Crippen LogP contribution in [0.4, 0.5) is 5.69 Å². The number of para-hydroxylation sites is 1. The van der Waals surface area contributed by atoms with E-state index < -0.39 is 5.92 Å². The number of rotatable bonds is 4. The molecule has 1 aliphatic rings. The highest BCUT2D eigenvalue weighted by Crippen LogP contribution is 2.46. The Labute approximate surface area is 196 Å². The van der Waals surface area contributed by atoms with Crippen molar-refractivity contribution in [1.29, 1.82) is 0 Å². The first-order valence-corrected chi connectivity index (χ1v) is 11.8. The number of fused-ring (bicyclic) bond motifs is 2. The van der Waals surface area contributed by atoms with Crippen molar-refractivity contribution < 1.29 is 9.90 Å². The fourth-order valence-corrected chi connectivity index (χ4v) is 5.64. The van der Waals surface area contributed by atoms with Crippen molar-refractivity contribution in [1.82, 2.24) is 0 Å². The topological polar surface area (TPSA) is 40.5 Å². The number of phenols is 1. The Morgan fingerprint density at radius 1 is 0.818 bits per heavy atom. The Morgan fingerprint density at radius 3 is 2.45 bits per heavy atom. The van der Waals surface area contributed by atoms with E-state index >= 15 is 0 Å². The van der Waals surface area contributed by atoms with Crippen LogP contribution in [-0.2, 0) is 11.3 Å². The van der Waals surface area contributed by atoms with Gasteiger partial charge in [0.15, 0.2) is 0 Å². The van der Waals surface area contributed by atoms with Gasteiger partial charge in [-0.2, -0.15) is 0 Å². The van der Waals surface area contributed by atoms with Crippen LogP contribution in [0, 0.1) is 0 Å². The van der Waals surface area contributed by atoms with Crippen molar-refractivity contribution in [3.8, 4) is 16.9 Å². The molecule has 1 amide bonds. The van der Waals surface area contributed by atoms with Crippen molar-refractivity contribution in [3.05, 3.63) is 119 Å². The molecule has 4 heteroatoms. The minimum atomic E-state index is -0.517. The maximum Gasteiger partial charge on any atom is 0.239 e. The summed E-state index contributed by atoms with van der Waals surface area (Å²) in [5.41, 5.74) is 5.85. The summed E-state index contributed by atoms with van der Waals surface area (Å²) in [7, 11) is 0. The summed E-state index contributed by atoms with van der Waals surface area (Å²) in [5.74, 6) is -0.359. The third-order valence-electron chi connectivity index (χ3n) is 6.39. The van der Waals surface area contributed by atoms with Crippen LogP contribution in [0.2, 0.25) is 0 Å². The first-order chi connectivity index (χ1) is 16.2. The molecule has 3 nitrogen and oxygen atoms in total. The normalized spacial score (nSPS) is 15.2. The van der Waals surface area contributed by atoms with E-state index in [1.165, 1.54) is 0 Å². The van der Waals surface area contributed by atoms with Gasteiger partial charge in [0.1, 0.15) is 5.75 Å². The number of amides is 1. The molecule has 2 heterocycles. The van der Waals surface area contributed by atoms with Gasteiger partial charge in [-0.05, 0) is 57.3 Å². The lowest BCUT2D eigenvalue weighted by Crippen LogP contribution is -2.28. The first-order valence-electron chi connectivity index (χ1n) is 10.9. The van der Waals surface area contributed by atoms with E-state index in [1.54, 1.807) is 17.4 Å². The van der Waals surface area contributed by atoms with Gasteiger partial charge >= 0.3 is 0 Å². The van der Waals surface area contributed by atoms with Crippen molar-refractivity contribution in [2.75, 3.05) is 4.90 Å². The smallest absolute Gasteiger partial charge is 0.239 e. The zero-order valence-corrected chi connectivity index (χ0v) is 18.6. The van der Waals surface area contributed by atoms with E-state index in [1.807, 2.05) is 77.0 Å². The Bertz CT molecular complexity index is 1490. The minimum absolute atomic E-state index is 0.00901.